The highest BCUT2D eigenvalue weighted by Gasteiger charge is 2.25. The van der Waals surface area contributed by atoms with Gasteiger partial charge in [0.05, 0.1) is 18.3 Å². The van der Waals surface area contributed by atoms with Gasteiger partial charge < -0.3 is 14.8 Å². The van der Waals surface area contributed by atoms with E-state index in [0.29, 0.717) is 35.5 Å². The molecule has 0 fully saturated rings. The van der Waals surface area contributed by atoms with Crippen LogP contribution in [0.5, 0.6) is 11.5 Å². The number of methoxy groups -OCH3 is 2. The third-order valence-corrected chi connectivity index (χ3v) is 4.15. The van der Waals surface area contributed by atoms with Gasteiger partial charge in [-0.25, -0.2) is 0 Å². The molecule has 0 spiro atoms. The van der Waals surface area contributed by atoms with Gasteiger partial charge in [-0.2, -0.15) is 0 Å². The number of rotatable bonds is 3. The molecule has 0 saturated carbocycles. The van der Waals surface area contributed by atoms with Crippen LogP contribution in [0.25, 0.3) is 11.1 Å². The van der Waals surface area contributed by atoms with Crippen LogP contribution >= 0.6 is 0 Å². The summed E-state index contributed by atoms with van der Waals surface area (Å²) in [6.45, 7) is 0. The normalized spacial score (nSPS) is 21.0. The lowest BCUT2D eigenvalue weighted by molar-refractivity contribution is 0.356. The Labute approximate surface area is 140 Å². The summed E-state index contributed by atoms with van der Waals surface area (Å²) in [5.41, 5.74) is 2.76. The lowest BCUT2D eigenvalue weighted by atomic mass is 9.96. The van der Waals surface area contributed by atoms with Crippen LogP contribution in [0.15, 0.2) is 41.2 Å². The predicted molar refractivity (Wildman–Crippen MR) is 91.4 cm³/mol. The minimum absolute atomic E-state index is 0.178. The van der Waals surface area contributed by atoms with E-state index in [0.717, 1.165) is 11.1 Å². The fourth-order valence-electron chi connectivity index (χ4n) is 3.08. The second kappa shape index (κ2) is 6.42. The van der Waals surface area contributed by atoms with Crippen molar-refractivity contribution in [3.8, 4) is 22.6 Å². The van der Waals surface area contributed by atoms with Gasteiger partial charge in [0.15, 0.2) is 16.9 Å². The van der Waals surface area contributed by atoms with E-state index in [1.54, 1.807) is 25.2 Å². The largest absolute Gasteiger partial charge is 0.493 e. The minimum Gasteiger partial charge on any atom is -0.493 e. The summed E-state index contributed by atoms with van der Waals surface area (Å²) in [4.78, 5) is 12.1. The Morgan fingerprint density at radius 1 is 1.26 bits per heavy atom. The predicted octanol–water partition coefficient (Wildman–Crippen LogP) is 2.94. The van der Waals surface area contributed by atoms with E-state index in [9.17, 15) is 4.79 Å². The van der Waals surface area contributed by atoms with Crippen molar-refractivity contribution in [2.75, 3.05) is 21.2 Å². The summed E-state index contributed by atoms with van der Waals surface area (Å²) < 4.78 is 34.6. The van der Waals surface area contributed by atoms with E-state index in [-0.39, 0.29) is 19.6 Å². The zero-order chi connectivity index (χ0) is 18.7. The van der Waals surface area contributed by atoms with Crippen molar-refractivity contribution in [1.82, 2.24) is 5.32 Å². The Hall–Kier alpha value is -2.33. The number of aryl methyl sites for hydroxylation is 1. The average Bonchev–Trinajstić information content (AvgIpc) is 2.89. The van der Waals surface area contributed by atoms with Crippen molar-refractivity contribution in [2.45, 2.75) is 18.9 Å². The van der Waals surface area contributed by atoms with Crippen molar-refractivity contribution in [2.24, 2.45) is 0 Å². The zero-order valence-electron chi connectivity index (χ0n) is 16.0. The highest BCUT2D eigenvalue weighted by atomic mass is 16.5. The van der Waals surface area contributed by atoms with E-state index in [2.05, 4.69) is 5.32 Å². The number of fused-ring (bicyclic) bond motifs is 3. The first-order chi connectivity index (χ1) is 12.5. The number of ether oxygens (including phenoxy) is 2. The number of nitrogens with one attached hydrogen (secondary N) is 1. The summed E-state index contributed by atoms with van der Waals surface area (Å²) in [6.07, 6.45) is 1.08. The third-order valence-electron chi connectivity index (χ3n) is 4.15. The molecule has 2 aromatic carbocycles. The fourth-order valence-corrected chi connectivity index (χ4v) is 3.08. The first-order valence-corrected chi connectivity index (χ1v) is 7.38. The molecule has 120 valence electrons. The molecule has 2 aromatic rings. The number of benzene rings is 1. The molecule has 0 aliphatic heterocycles. The Morgan fingerprint density at radius 3 is 2.91 bits per heavy atom. The molecule has 1 atom stereocenters. The van der Waals surface area contributed by atoms with E-state index >= 15 is 0 Å². The van der Waals surface area contributed by atoms with E-state index < -0.39 is 6.02 Å². The van der Waals surface area contributed by atoms with Gasteiger partial charge in [0.2, 0.25) is 0 Å². The molecule has 1 N–H and O–H groups in total. The van der Waals surface area contributed by atoms with Crippen molar-refractivity contribution in [3.63, 3.8) is 0 Å². The summed E-state index contributed by atoms with van der Waals surface area (Å²) in [7, 11) is 1.14. The topological polar surface area (TPSA) is 47.6 Å². The average molecular weight is 317 g/mol. The molecular weight excluding hydrogens is 290 g/mol. The molecule has 23 heavy (non-hydrogen) atoms. The first kappa shape index (κ1) is 12.1. The maximum absolute atomic E-state index is 12.1. The smallest absolute Gasteiger partial charge is 0.178 e. The van der Waals surface area contributed by atoms with Crippen molar-refractivity contribution < 1.29 is 13.6 Å². The van der Waals surface area contributed by atoms with Gasteiger partial charge in [-0.1, -0.05) is 18.2 Å². The first-order valence-electron chi connectivity index (χ1n) is 9.29. The summed E-state index contributed by atoms with van der Waals surface area (Å²) in [5, 5.41) is 3.03. The molecule has 3 rings (SSSR count). The summed E-state index contributed by atoms with van der Waals surface area (Å²) in [5.74, 6) is 0.762. The summed E-state index contributed by atoms with van der Waals surface area (Å²) in [6, 6.07) is 8.90. The molecule has 0 amide bonds. The van der Waals surface area contributed by atoms with Crippen molar-refractivity contribution >= 4 is 0 Å². The van der Waals surface area contributed by atoms with E-state index in [1.807, 2.05) is 6.07 Å². The summed E-state index contributed by atoms with van der Waals surface area (Å²) >= 11 is 0. The SMILES string of the molecule is [3H]COc1ccc2c(c1OC[3H])-c1cccc(=O)cc1[C@]([3H])(NC)CC2. The molecule has 0 bridgehead atoms. The van der Waals surface area contributed by atoms with Crippen LogP contribution in [0.1, 0.15) is 27.7 Å². The van der Waals surface area contributed by atoms with Crippen molar-refractivity contribution in [3.05, 3.63) is 57.7 Å². The Kier molecular flexibility index (Phi) is 3.39. The quantitative estimate of drug-likeness (QED) is 0.945. The monoisotopic (exact) mass is 317 g/mol. The molecule has 4 heteroatoms. The fraction of sp³-hybridized carbons (Fsp3) is 0.316. The van der Waals surface area contributed by atoms with Gasteiger partial charge in [-0.15, -0.1) is 0 Å². The van der Waals surface area contributed by atoms with Crippen LogP contribution in [0, 0.1) is 0 Å². The third kappa shape index (κ3) is 2.70. The molecule has 4 nitrogen and oxygen atoms in total. The number of hydrogen-bond donors (Lipinski definition) is 1. The van der Waals surface area contributed by atoms with Crippen LogP contribution in [0.4, 0.5) is 0 Å². The Bertz CT molecular complexity index is 875. The lowest BCUT2D eigenvalue weighted by Gasteiger charge is -2.17. The highest BCUT2D eigenvalue weighted by Crippen LogP contribution is 2.45. The highest BCUT2D eigenvalue weighted by molar-refractivity contribution is 5.80. The Morgan fingerprint density at radius 2 is 2.13 bits per heavy atom. The van der Waals surface area contributed by atoms with Gasteiger partial charge in [0.25, 0.3) is 0 Å². The molecular formula is C19H21NO3. The molecule has 1 aliphatic rings. The second-order valence-corrected chi connectivity index (χ2v) is 5.34. The van der Waals surface area contributed by atoms with Crippen LogP contribution in [0.2, 0.25) is 0 Å². The molecule has 0 aromatic heterocycles. The number of hydrogen-bond acceptors (Lipinski definition) is 4. The van der Waals surface area contributed by atoms with E-state index in [1.165, 1.54) is 12.1 Å². The van der Waals surface area contributed by atoms with Gasteiger partial charge in [-0.05, 0) is 54.8 Å². The van der Waals surface area contributed by atoms with Crippen LogP contribution in [-0.4, -0.2) is 21.2 Å². The molecule has 0 saturated heterocycles. The molecule has 0 radical (unpaired) electrons. The molecule has 0 heterocycles. The van der Waals surface area contributed by atoms with Crippen LogP contribution in [0.3, 0.4) is 0 Å². The van der Waals surface area contributed by atoms with Crippen LogP contribution < -0.4 is 20.2 Å². The van der Waals surface area contributed by atoms with Crippen LogP contribution in [-0.2, 0) is 6.42 Å². The molecule has 1 aliphatic carbocycles. The van der Waals surface area contributed by atoms with Gasteiger partial charge in [-0.3, -0.25) is 4.79 Å². The minimum atomic E-state index is -1.12. The maximum atomic E-state index is 12.1. The standard InChI is InChI=1S/C19H21NO3/c1-20-16-9-7-12-8-10-17(22-2)19(23-3)18(12)14-6-4-5-13(21)11-15(14)16/h4-6,8,10-11,16,20H,7,9H2,1-3H3/t16-/m1/s1/i2T,3T,16T. The maximum Gasteiger partial charge on any atom is 0.178 e. The van der Waals surface area contributed by atoms with Crippen molar-refractivity contribution in [1.29, 1.82) is 0 Å². The Balaban J connectivity index is 2.39. The van der Waals surface area contributed by atoms with Gasteiger partial charge in [0, 0.05) is 11.6 Å². The molecule has 0 unspecified atom stereocenters. The van der Waals surface area contributed by atoms with Gasteiger partial charge in [0.1, 0.15) is 0 Å². The zero-order valence-corrected chi connectivity index (χ0v) is 13.0. The second-order valence-electron chi connectivity index (χ2n) is 5.34. The lowest BCUT2D eigenvalue weighted by Crippen LogP contribution is -2.17. The van der Waals surface area contributed by atoms with Gasteiger partial charge >= 0.3 is 0 Å². The van der Waals surface area contributed by atoms with E-state index in [4.69, 9.17) is 13.6 Å².